The largest absolute Gasteiger partial charge is 0.507 e. The van der Waals surface area contributed by atoms with Gasteiger partial charge in [-0.25, -0.2) is 0 Å². The molecule has 0 amide bonds. The monoisotopic (exact) mass is 350 g/mol. The lowest BCUT2D eigenvalue weighted by atomic mass is 10.0. The van der Waals surface area contributed by atoms with Crippen LogP contribution in [-0.4, -0.2) is 10.2 Å². The molecule has 2 bridgehead atoms. The van der Waals surface area contributed by atoms with E-state index in [0.717, 1.165) is 34.1 Å². The normalized spacial score (nSPS) is 19.5. The summed E-state index contributed by atoms with van der Waals surface area (Å²) >= 11 is 0. The summed E-state index contributed by atoms with van der Waals surface area (Å²) in [6.45, 7) is 11.6. The van der Waals surface area contributed by atoms with Crippen LogP contribution in [0.2, 0.25) is 0 Å². The second kappa shape index (κ2) is 8.75. The van der Waals surface area contributed by atoms with Gasteiger partial charge in [-0.2, -0.15) is 0 Å². The molecule has 0 saturated heterocycles. The van der Waals surface area contributed by atoms with Crippen molar-refractivity contribution in [3.8, 4) is 11.5 Å². The van der Waals surface area contributed by atoms with E-state index in [1.807, 2.05) is 64.1 Å². The highest BCUT2D eigenvalue weighted by atomic mass is 16.3. The lowest BCUT2D eigenvalue weighted by Gasteiger charge is -2.02. The van der Waals surface area contributed by atoms with Crippen LogP contribution >= 0.6 is 0 Å². The Balaban J connectivity index is 0.000000140. The van der Waals surface area contributed by atoms with Gasteiger partial charge in [0.1, 0.15) is 11.5 Å². The zero-order chi connectivity index (χ0) is 19.3. The molecule has 2 N–H and O–H groups in total. The van der Waals surface area contributed by atoms with Gasteiger partial charge in [-0.05, 0) is 74.6 Å². The Morgan fingerprint density at radius 2 is 1.19 bits per heavy atom. The fraction of sp³-hybridized carbons (Fsp3) is 0.333. The van der Waals surface area contributed by atoms with Crippen LogP contribution in [0.1, 0.15) is 35.1 Å². The van der Waals surface area contributed by atoms with Crippen molar-refractivity contribution in [3.63, 3.8) is 0 Å². The summed E-state index contributed by atoms with van der Waals surface area (Å²) in [5.41, 5.74) is 5.22. The number of allylic oxidation sites excluding steroid dienone is 3. The third kappa shape index (κ3) is 5.01. The quantitative estimate of drug-likeness (QED) is 0.559. The molecule has 2 nitrogen and oxygen atoms in total. The summed E-state index contributed by atoms with van der Waals surface area (Å²) in [6, 6.07) is 11.4. The van der Waals surface area contributed by atoms with Gasteiger partial charge in [-0.1, -0.05) is 60.7 Å². The van der Waals surface area contributed by atoms with Crippen LogP contribution in [-0.2, 0) is 0 Å². The van der Waals surface area contributed by atoms with Gasteiger partial charge >= 0.3 is 0 Å². The highest BCUT2D eigenvalue weighted by Crippen LogP contribution is 2.41. The van der Waals surface area contributed by atoms with E-state index < -0.39 is 0 Å². The van der Waals surface area contributed by atoms with Crippen LogP contribution in [0.4, 0.5) is 0 Å². The Labute approximate surface area is 157 Å². The van der Waals surface area contributed by atoms with Crippen LogP contribution in [0.15, 0.2) is 60.7 Å². The van der Waals surface area contributed by atoms with Crippen molar-refractivity contribution >= 4 is 0 Å². The molecule has 0 aromatic heterocycles. The van der Waals surface area contributed by atoms with E-state index in [4.69, 9.17) is 0 Å². The number of para-hydroxylation sites is 2. The van der Waals surface area contributed by atoms with Crippen molar-refractivity contribution in [2.24, 2.45) is 11.8 Å². The van der Waals surface area contributed by atoms with Gasteiger partial charge in [0.15, 0.2) is 0 Å². The number of aromatic hydroxyl groups is 2. The predicted molar refractivity (Wildman–Crippen MR) is 110 cm³/mol. The number of fused-ring (bicyclic) bond motifs is 2. The van der Waals surface area contributed by atoms with E-state index in [0.29, 0.717) is 11.5 Å². The van der Waals surface area contributed by atoms with E-state index >= 15 is 0 Å². The van der Waals surface area contributed by atoms with Gasteiger partial charge in [-0.3, -0.25) is 0 Å². The number of rotatable bonds is 0. The molecule has 26 heavy (non-hydrogen) atoms. The first-order chi connectivity index (χ1) is 12.3. The molecule has 2 aromatic carbocycles. The number of benzene rings is 2. The van der Waals surface area contributed by atoms with Crippen molar-refractivity contribution in [2.45, 2.75) is 40.5 Å². The van der Waals surface area contributed by atoms with Crippen molar-refractivity contribution in [1.29, 1.82) is 0 Å². The second-order valence-electron chi connectivity index (χ2n) is 7.33. The van der Waals surface area contributed by atoms with Gasteiger partial charge in [0, 0.05) is 0 Å². The van der Waals surface area contributed by atoms with Gasteiger partial charge in [-0.15, -0.1) is 0 Å². The predicted octanol–water partition coefficient (Wildman–Crippen LogP) is 6.16. The first kappa shape index (κ1) is 19.8. The van der Waals surface area contributed by atoms with Crippen LogP contribution < -0.4 is 0 Å². The molecule has 0 radical (unpaired) electrons. The Bertz CT molecular complexity index is 712. The van der Waals surface area contributed by atoms with Crippen molar-refractivity contribution in [2.75, 3.05) is 0 Å². The summed E-state index contributed by atoms with van der Waals surface area (Å²) in [5.74, 6) is 2.46. The Morgan fingerprint density at radius 1 is 0.769 bits per heavy atom. The van der Waals surface area contributed by atoms with Gasteiger partial charge < -0.3 is 10.2 Å². The summed E-state index contributed by atoms with van der Waals surface area (Å²) in [5, 5.41) is 18.4. The molecule has 1 saturated carbocycles. The molecule has 2 aromatic rings. The lowest BCUT2D eigenvalue weighted by molar-refractivity contribution is 0.466. The minimum Gasteiger partial charge on any atom is -0.507 e. The molecule has 2 aliphatic rings. The summed E-state index contributed by atoms with van der Waals surface area (Å²) in [7, 11) is 0. The van der Waals surface area contributed by atoms with E-state index in [2.05, 4.69) is 18.7 Å². The molecule has 2 unspecified atom stereocenters. The fourth-order valence-electron chi connectivity index (χ4n) is 3.33. The maximum Gasteiger partial charge on any atom is 0.121 e. The fourth-order valence-corrected chi connectivity index (χ4v) is 3.33. The summed E-state index contributed by atoms with van der Waals surface area (Å²) < 4.78 is 0. The number of hydrogen-bond donors (Lipinski definition) is 2. The molecule has 0 aliphatic heterocycles. The number of phenolic OH excluding ortho intramolecular Hbond substituents is 2. The molecule has 2 aliphatic carbocycles. The molecular weight excluding hydrogens is 320 g/mol. The van der Waals surface area contributed by atoms with Crippen molar-refractivity contribution in [3.05, 3.63) is 83.0 Å². The van der Waals surface area contributed by atoms with E-state index in [-0.39, 0.29) is 0 Å². The number of aryl methyl sites for hydroxylation is 4. The minimum atomic E-state index is 0.414. The molecule has 2 heteroatoms. The first-order valence-corrected chi connectivity index (χ1v) is 9.16. The average Bonchev–Trinajstić information content (AvgIpc) is 3.21. The maximum atomic E-state index is 9.21. The highest BCUT2D eigenvalue weighted by molar-refractivity contribution is 5.38. The molecule has 0 spiro atoms. The smallest absolute Gasteiger partial charge is 0.121 e. The summed E-state index contributed by atoms with van der Waals surface area (Å²) in [6.07, 6.45) is 7.26. The van der Waals surface area contributed by atoms with Gasteiger partial charge in [0.05, 0.1) is 0 Å². The van der Waals surface area contributed by atoms with Gasteiger partial charge in [0.25, 0.3) is 0 Å². The molecule has 0 heterocycles. The maximum absolute atomic E-state index is 9.21. The van der Waals surface area contributed by atoms with Crippen LogP contribution in [0.3, 0.4) is 0 Å². The van der Waals surface area contributed by atoms with Crippen LogP contribution in [0.5, 0.6) is 11.5 Å². The average molecular weight is 351 g/mol. The van der Waals surface area contributed by atoms with Crippen LogP contribution in [0, 0.1) is 39.5 Å². The Kier molecular flexibility index (Phi) is 6.68. The molecule has 1 fully saturated rings. The van der Waals surface area contributed by atoms with Crippen molar-refractivity contribution < 1.29 is 10.2 Å². The molecule has 4 rings (SSSR count). The highest BCUT2D eigenvalue weighted by Gasteiger charge is 2.28. The molecule has 2 atom stereocenters. The van der Waals surface area contributed by atoms with Crippen LogP contribution in [0.25, 0.3) is 0 Å². The standard InChI is InChI=1S/2C8H10O.C8H10/c2*1-6-4-3-5-7(2)8(6)9;1-6-4-7-2-3-8(6)5-7/h2*3-5,9H,1-2H3;2-3,7-8H,1,4-5H2. The second-order valence-corrected chi connectivity index (χ2v) is 7.33. The van der Waals surface area contributed by atoms with E-state index in [1.54, 1.807) is 0 Å². The summed E-state index contributed by atoms with van der Waals surface area (Å²) in [4.78, 5) is 0. The van der Waals surface area contributed by atoms with E-state index in [1.165, 1.54) is 18.4 Å². The Morgan fingerprint density at radius 3 is 1.38 bits per heavy atom. The third-order valence-electron chi connectivity index (χ3n) is 5.10. The number of phenols is 2. The third-order valence-corrected chi connectivity index (χ3v) is 5.10. The zero-order valence-corrected chi connectivity index (χ0v) is 16.3. The zero-order valence-electron chi connectivity index (χ0n) is 16.3. The Hall–Kier alpha value is -2.48. The van der Waals surface area contributed by atoms with E-state index in [9.17, 15) is 10.2 Å². The van der Waals surface area contributed by atoms with Crippen molar-refractivity contribution in [1.82, 2.24) is 0 Å². The first-order valence-electron chi connectivity index (χ1n) is 9.16. The molecule has 138 valence electrons. The number of hydrogen-bond acceptors (Lipinski definition) is 2. The topological polar surface area (TPSA) is 40.5 Å². The molecular formula is C24H30O2. The van der Waals surface area contributed by atoms with Gasteiger partial charge in [0.2, 0.25) is 0 Å². The lowest BCUT2D eigenvalue weighted by Crippen LogP contribution is -1.88. The SMILES string of the molecule is C=C1CC2C=CC1C2.Cc1cccc(C)c1O.Cc1cccc(C)c1O. The minimum absolute atomic E-state index is 0.414.